The zero-order chi connectivity index (χ0) is 16.9. The van der Waals surface area contributed by atoms with E-state index in [2.05, 4.69) is 0 Å². The van der Waals surface area contributed by atoms with Crippen LogP contribution in [0.2, 0.25) is 5.02 Å². The second-order valence-electron chi connectivity index (χ2n) is 5.42. The topological polar surface area (TPSA) is 40.6 Å². The lowest BCUT2D eigenvalue weighted by Crippen LogP contribution is -2.34. The SMILES string of the molecule is Cc1cc(Cl)c(N2C(=O)C3=CCCCN3C2=O)cc1C(F)(F)F. The highest BCUT2D eigenvalue weighted by atomic mass is 35.5. The van der Waals surface area contributed by atoms with Gasteiger partial charge in [-0.05, 0) is 37.5 Å². The summed E-state index contributed by atoms with van der Waals surface area (Å²) in [6, 6.07) is 1.21. The van der Waals surface area contributed by atoms with Gasteiger partial charge in [0.25, 0.3) is 5.91 Å². The average molecular weight is 345 g/mol. The second-order valence-corrected chi connectivity index (χ2v) is 5.83. The van der Waals surface area contributed by atoms with Crippen LogP contribution < -0.4 is 4.90 Å². The molecule has 0 N–H and O–H groups in total. The van der Waals surface area contributed by atoms with E-state index < -0.39 is 23.7 Å². The summed E-state index contributed by atoms with van der Waals surface area (Å²) in [4.78, 5) is 26.8. The van der Waals surface area contributed by atoms with Crippen LogP contribution in [-0.2, 0) is 11.0 Å². The third-order valence-electron chi connectivity index (χ3n) is 3.90. The maximum absolute atomic E-state index is 13.1. The summed E-state index contributed by atoms with van der Waals surface area (Å²) >= 11 is 6.01. The summed E-state index contributed by atoms with van der Waals surface area (Å²) in [5, 5.41) is -0.0716. The van der Waals surface area contributed by atoms with Crippen molar-refractivity contribution in [1.29, 1.82) is 0 Å². The third-order valence-corrected chi connectivity index (χ3v) is 4.20. The summed E-state index contributed by atoms with van der Waals surface area (Å²) in [6.07, 6.45) is -1.63. The Hall–Kier alpha value is -2.02. The van der Waals surface area contributed by atoms with Crippen molar-refractivity contribution in [3.8, 4) is 0 Å². The van der Waals surface area contributed by atoms with Gasteiger partial charge >= 0.3 is 12.2 Å². The predicted molar refractivity (Wildman–Crippen MR) is 78.1 cm³/mol. The minimum absolute atomic E-state index is 0.0673. The molecule has 1 fully saturated rings. The van der Waals surface area contributed by atoms with Crippen LogP contribution in [0.25, 0.3) is 0 Å². The molecule has 0 aromatic heterocycles. The van der Waals surface area contributed by atoms with Crippen LogP contribution in [0.1, 0.15) is 24.0 Å². The average Bonchev–Trinajstić information content (AvgIpc) is 2.71. The lowest BCUT2D eigenvalue weighted by molar-refractivity contribution is -0.138. The molecule has 0 saturated carbocycles. The maximum Gasteiger partial charge on any atom is 0.416 e. The molecule has 1 aromatic rings. The Labute approximate surface area is 135 Å². The fourth-order valence-corrected chi connectivity index (χ4v) is 3.10. The van der Waals surface area contributed by atoms with Gasteiger partial charge in [0.2, 0.25) is 0 Å². The number of aryl methyl sites for hydroxylation is 1. The number of nitrogens with zero attached hydrogens (tertiary/aromatic N) is 2. The van der Waals surface area contributed by atoms with Gasteiger partial charge < -0.3 is 0 Å². The van der Waals surface area contributed by atoms with Gasteiger partial charge in [-0.25, -0.2) is 9.69 Å². The largest absolute Gasteiger partial charge is 0.416 e. The summed E-state index contributed by atoms with van der Waals surface area (Å²) < 4.78 is 39.3. The number of amides is 3. The van der Waals surface area contributed by atoms with Crippen LogP contribution in [0.15, 0.2) is 23.9 Å². The summed E-state index contributed by atoms with van der Waals surface area (Å²) in [5.41, 5.74) is -1.03. The highest BCUT2D eigenvalue weighted by Crippen LogP contribution is 2.40. The van der Waals surface area contributed by atoms with Gasteiger partial charge in [0.05, 0.1) is 16.3 Å². The number of fused-ring (bicyclic) bond motifs is 1. The molecule has 0 radical (unpaired) electrons. The molecule has 0 aliphatic carbocycles. The molecule has 122 valence electrons. The molecule has 3 rings (SSSR count). The minimum Gasteiger partial charge on any atom is -0.289 e. The molecule has 0 bridgehead atoms. The van der Waals surface area contributed by atoms with Crippen molar-refractivity contribution in [3.05, 3.63) is 40.1 Å². The zero-order valence-electron chi connectivity index (χ0n) is 12.1. The van der Waals surface area contributed by atoms with E-state index in [0.29, 0.717) is 24.3 Å². The molecule has 4 nitrogen and oxygen atoms in total. The zero-order valence-corrected chi connectivity index (χ0v) is 12.8. The normalized spacial score (nSPS) is 18.4. The molecule has 2 aliphatic heterocycles. The fraction of sp³-hybridized carbons (Fsp3) is 0.333. The smallest absolute Gasteiger partial charge is 0.289 e. The van der Waals surface area contributed by atoms with Crippen molar-refractivity contribution in [1.82, 2.24) is 4.90 Å². The number of benzene rings is 1. The Bertz CT molecular complexity index is 743. The van der Waals surface area contributed by atoms with Crippen molar-refractivity contribution in [3.63, 3.8) is 0 Å². The number of anilines is 1. The highest BCUT2D eigenvalue weighted by molar-refractivity contribution is 6.37. The molecule has 0 unspecified atom stereocenters. The number of allylic oxidation sites excluding steroid dienone is 1. The van der Waals surface area contributed by atoms with Crippen LogP contribution in [0, 0.1) is 6.92 Å². The van der Waals surface area contributed by atoms with Crippen molar-refractivity contribution < 1.29 is 22.8 Å². The Morgan fingerprint density at radius 3 is 2.52 bits per heavy atom. The summed E-state index contributed by atoms with van der Waals surface area (Å²) in [6.45, 7) is 1.64. The molecule has 23 heavy (non-hydrogen) atoms. The van der Waals surface area contributed by atoms with Gasteiger partial charge in [-0.3, -0.25) is 9.69 Å². The molecule has 0 atom stereocenters. The van der Waals surface area contributed by atoms with E-state index in [1.807, 2.05) is 0 Å². The fourth-order valence-electron chi connectivity index (χ4n) is 2.79. The first-order valence-corrected chi connectivity index (χ1v) is 7.33. The lowest BCUT2D eigenvalue weighted by Gasteiger charge is -2.20. The first-order chi connectivity index (χ1) is 10.7. The molecule has 1 aromatic carbocycles. The Morgan fingerprint density at radius 2 is 1.91 bits per heavy atom. The molecule has 8 heteroatoms. The van der Waals surface area contributed by atoms with Gasteiger partial charge in [0.15, 0.2) is 0 Å². The number of imide groups is 1. The predicted octanol–water partition coefficient (Wildman–Crippen LogP) is 4.11. The Kier molecular flexibility index (Phi) is 3.63. The van der Waals surface area contributed by atoms with E-state index in [0.717, 1.165) is 12.1 Å². The molecule has 0 spiro atoms. The van der Waals surface area contributed by atoms with Crippen molar-refractivity contribution in [2.24, 2.45) is 0 Å². The Balaban J connectivity index is 2.12. The lowest BCUT2D eigenvalue weighted by atomic mass is 10.1. The summed E-state index contributed by atoms with van der Waals surface area (Å²) in [7, 11) is 0. The van der Waals surface area contributed by atoms with Gasteiger partial charge in [0.1, 0.15) is 5.70 Å². The van der Waals surface area contributed by atoms with E-state index in [1.54, 1.807) is 6.08 Å². The van der Waals surface area contributed by atoms with Crippen LogP contribution in [0.3, 0.4) is 0 Å². The van der Waals surface area contributed by atoms with E-state index in [-0.39, 0.29) is 22.0 Å². The Morgan fingerprint density at radius 1 is 1.22 bits per heavy atom. The van der Waals surface area contributed by atoms with Crippen molar-refractivity contribution in [2.45, 2.75) is 25.9 Å². The molecule has 2 aliphatic rings. The van der Waals surface area contributed by atoms with E-state index in [1.165, 1.54) is 11.8 Å². The van der Waals surface area contributed by atoms with E-state index >= 15 is 0 Å². The number of rotatable bonds is 1. The van der Waals surface area contributed by atoms with Gasteiger partial charge in [0, 0.05) is 6.54 Å². The van der Waals surface area contributed by atoms with Crippen LogP contribution in [0.5, 0.6) is 0 Å². The number of halogens is 4. The number of hydrogen-bond acceptors (Lipinski definition) is 2. The highest BCUT2D eigenvalue weighted by Gasteiger charge is 2.44. The van der Waals surface area contributed by atoms with Crippen molar-refractivity contribution in [2.75, 3.05) is 11.4 Å². The molecule has 2 heterocycles. The minimum atomic E-state index is -4.60. The van der Waals surface area contributed by atoms with Gasteiger partial charge in [-0.1, -0.05) is 17.7 Å². The maximum atomic E-state index is 13.1. The van der Waals surface area contributed by atoms with E-state index in [9.17, 15) is 22.8 Å². The second kappa shape index (κ2) is 5.26. The molecule has 1 saturated heterocycles. The number of carbonyl (C=O) groups is 2. The first-order valence-electron chi connectivity index (χ1n) is 6.95. The van der Waals surface area contributed by atoms with Crippen LogP contribution >= 0.6 is 11.6 Å². The third kappa shape index (κ3) is 2.49. The van der Waals surface area contributed by atoms with E-state index in [4.69, 9.17) is 11.6 Å². The molecular weight excluding hydrogens is 333 g/mol. The number of urea groups is 1. The first kappa shape index (κ1) is 15.9. The number of hydrogen-bond donors (Lipinski definition) is 0. The standard InChI is InChI=1S/C15H12ClF3N2O2/c1-8-6-10(16)12(7-9(8)15(17,18)19)21-13(22)11-4-2-3-5-20(11)14(21)23/h4,6-7H,2-3,5H2,1H3. The van der Waals surface area contributed by atoms with Crippen LogP contribution in [0.4, 0.5) is 23.7 Å². The number of carbonyl (C=O) groups excluding carboxylic acids is 2. The number of alkyl halides is 3. The summed E-state index contributed by atoms with van der Waals surface area (Å²) in [5.74, 6) is -0.645. The van der Waals surface area contributed by atoms with Gasteiger partial charge in [-0.2, -0.15) is 13.2 Å². The quantitative estimate of drug-likeness (QED) is 0.719. The van der Waals surface area contributed by atoms with Crippen LogP contribution in [-0.4, -0.2) is 23.4 Å². The monoisotopic (exact) mass is 344 g/mol. The molecular formula is C15H12ClF3N2O2. The van der Waals surface area contributed by atoms with Gasteiger partial charge in [-0.15, -0.1) is 0 Å². The molecule has 3 amide bonds. The van der Waals surface area contributed by atoms with Crippen molar-refractivity contribution >= 4 is 29.2 Å².